The van der Waals surface area contributed by atoms with Crippen LogP contribution in [0.15, 0.2) is 35.4 Å². The van der Waals surface area contributed by atoms with Crippen molar-refractivity contribution in [1.82, 2.24) is 0 Å². The number of hydrogen-bond donors (Lipinski definition) is 1. The molecule has 0 aromatic heterocycles. The van der Waals surface area contributed by atoms with Gasteiger partial charge >= 0.3 is 5.97 Å². The van der Waals surface area contributed by atoms with Gasteiger partial charge in [-0.1, -0.05) is 35.4 Å². The summed E-state index contributed by atoms with van der Waals surface area (Å²) in [5.41, 5.74) is 9.01. The van der Waals surface area contributed by atoms with Gasteiger partial charge in [-0.2, -0.15) is 0 Å². The first kappa shape index (κ1) is 13.0. The zero-order chi connectivity index (χ0) is 12.7. The van der Waals surface area contributed by atoms with Crippen LogP contribution in [0, 0.1) is 0 Å². The molecule has 2 atom stereocenters. The summed E-state index contributed by atoms with van der Waals surface area (Å²) in [5.74, 6) is -0.797. The number of hydrogen-bond acceptors (Lipinski definition) is 4. The zero-order valence-electron chi connectivity index (χ0n) is 9.35. The van der Waals surface area contributed by atoms with Crippen LogP contribution in [0.5, 0.6) is 0 Å². The number of benzene rings is 1. The number of carbonyl (C=O) groups excluding carboxylic acids is 1. The highest BCUT2D eigenvalue weighted by molar-refractivity contribution is 5.75. The largest absolute Gasteiger partial charge is 0.464 e. The summed E-state index contributed by atoms with van der Waals surface area (Å²) in [4.78, 5) is 14.0. The van der Waals surface area contributed by atoms with E-state index in [1.54, 1.807) is 37.3 Å². The van der Waals surface area contributed by atoms with Gasteiger partial charge in [0.1, 0.15) is 0 Å². The number of rotatable bonds is 5. The number of nitrogens with zero attached hydrogens (tertiary/aromatic N) is 3. The van der Waals surface area contributed by atoms with E-state index >= 15 is 0 Å². The predicted octanol–water partition coefficient (Wildman–Crippen LogP) is 1.96. The van der Waals surface area contributed by atoms with E-state index in [-0.39, 0.29) is 6.61 Å². The molecule has 6 nitrogen and oxygen atoms in total. The summed E-state index contributed by atoms with van der Waals surface area (Å²) in [6.07, 6.45) is -1.49. The third-order valence-corrected chi connectivity index (χ3v) is 2.14. The van der Waals surface area contributed by atoms with E-state index in [2.05, 4.69) is 14.8 Å². The van der Waals surface area contributed by atoms with Gasteiger partial charge in [-0.3, -0.25) is 0 Å². The Bertz CT molecular complexity index is 415. The van der Waals surface area contributed by atoms with Crippen LogP contribution < -0.4 is 0 Å². The summed E-state index contributed by atoms with van der Waals surface area (Å²) in [6.45, 7) is 1.80. The molecule has 0 aliphatic heterocycles. The maximum absolute atomic E-state index is 11.4. The third-order valence-electron chi connectivity index (χ3n) is 2.14. The van der Waals surface area contributed by atoms with Crippen molar-refractivity contribution in [1.29, 1.82) is 0 Å². The molecule has 0 heterocycles. The van der Waals surface area contributed by atoms with Crippen LogP contribution in [0.2, 0.25) is 0 Å². The van der Waals surface area contributed by atoms with Crippen LogP contribution in [0.25, 0.3) is 10.4 Å². The second-order valence-electron chi connectivity index (χ2n) is 3.26. The molecule has 0 bridgehead atoms. The number of aliphatic hydroxyl groups excluding tert-OH is 1. The monoisotopic (exact) mass is 235 g/mol. The highest BCUT2D eigenvalue weighted by Crippen LogP contribution is 2.22. The van der Waals surface area contributed by atoms with E-state index in [0.717, 1.165) is 0 Å². The summed E-state index contributed by atoms with van der Waals surface area (Å²) in [5, 5.41) is 13.2. The summed E-state index contributed by atoms with van der Waals surface area (Å²) in [6, 6.07) is 7.61. The van der Waals surface area contributed by atoms with Crippen LogP contribution in [-0.2, 0) is 9.53 Å². The number of carbonyl (C=O) groups is 1. The minimum absolute atomic E-state index is 0.160. The molecule has 1 aromatic carbocycles. The van der Waals surface area contributed by atoms with Gasteiger partial charge in [0.25, 0.3) is 0 Å². The van der Waals surface area contributed by atoms with Gasteiger partial charge in [0, 0.05) is 4.91 Å². The topological polar surface area (TPSA) is 95.3 Å². The molecule has 17 heavy (non-hydrogen) atoms. The van der Waals surface area contributed by atoms with Crippen molar-refractivity contribution in [3.05, 3.63) is 46.3 Å². The fourth-order valence-corrected chi connectivity index (χ4v) is 1.37. The second-order valence-corrected chi connectivity index (χ2v) is 3.26. The Morgan fingerprint density at radius 1 is 1.53 bits per heavy atom. The quantitative estimate of drug-likeness (QED) is 0.365. The summed E-state index contributed by atoms with van der Waals surface area (Å²) in [7, 11) is 0. The van der Waals surface area contributed by atoms with Gasteiger partial charge in [0.2, 0.25) is 0 Å². The average Bonchev–Trinajstić information content (AvgIpc) is 2.36. The molecule has 0 fully saturated rings. The minimum atomic E-state index is -1.49. The lowest BCUT2D eigenvalue weighted by Crippen LogP contribution is -2.28. The standard InChI is InChI=1S/C11H13N3O3/c1-2-17-11(16)10(15)9(13-14-12)8-6-4-3-5-7-8/h3-7,9-10,15H,2H2,1H3/t9-,10+/m0/s1. The van der Waals surface area contributed by atoms with E-state index < -0.39 is 18.1 Å². The summed E-state index contributed by atoms with van der Waals surface area (Å²) >= 11 is 0. The van der Waals surface area contributed by atoms with Crippen molar-refractivity contribution in [3.8, 4) is 0 Å². The molecule has 6 heteroatoms. The van der Waals surface area contributed by atoms with Gasteiger partial charge in [-0.15, -0.1) is 0 Å². The lowest BCUT2D eigenvalue weighted by Gasteiger charge is -2.17. The SMILES string of the molecule is CCOC(=O)[C@H](O)[C@@H](N=[N+]=[N-])c1ccccc1. The van der Waals surface area contributed by atoms with E-state index in [1.165, 1.54) is 0 Å². The first-order valence-electron chi connectivity index (χ1n) is 5.14. The van der Waals surface area contributed by atoms with Crippen LogP contribution in [0.1, 0.15) is 18.5 Å². The number of esters is 1. The molecule has 1 aromatic rings. The molecule has 0 radical (unpaired) electrons. The molecule has 0 unspecified atom stereocenters. The van der Waals surface area contributed by atoms with E-state index in [4.69, 9.17) is 5.53 Å². The Morgan fingerprint density at radius 2 is 2.18 bits per heavy atom. The van der Waals surface area contributed by atoms with Crippen molar-refractivity contribution in [2.75, 3.05) is 6.61 Å². The predicted molar refractivity (Wildman–Crippen MR) is 61.0 cm³/mol. The Morgan fingerprint density at radius 3 is 2.71 bits per heavy atom. The van der Waals surface area contributed by atoms with Crippen molar-refractivity contribution >= 4 is 5.97 Å². The molecular formula is C11H13N3O3. The molecule has 0 spiro atoms. The molecule has 0 aliphatic rings. The Labute approximate surface area is 98.5 Å². The Kier molecular flexibility index (Phi) is 5.00. The number of azide groups is 1. The Balaban J connectivity index is 2.94. The molecule has 90 valence electrons. The molecular weight excluding hydrogens is 222 g/mol. The van der Waals surface area contributed by atoms with Crippen LogP contribution >= 0.6 is 0 Å². The fraction of sp³-hybridized carbons (Fsp3) is 0.364. The second kappa shape index (κ2) is 6.52. The Hall–Kier alpha value is -2.04. The highest BCUT2D eigenvalue weighted by atomic mass is 16.5. The van der Waals surface area contributed by atoms with Gasteiger partial charge in [-0.05, 0) is 18.0 Å². The molecule has 1 rings (SSSR count). The minimum Gasteiger partial charge on any atom is -0.464 e. The van der Waals surface area contributed by atoms with Gasteiger partial charge in [0.15, 0.2) is 6.10 Å². The molecule has 0 saturated carbocycles. The van der Waals surface area contributed by atoms with Gasteiger partial charge in [-0.25, -0.2) is 4.79 Å². The van der Waals surface area contributed by atoms with Crippen LogP contribution in [-0.4, -0.2) is 23.8 Å². The van der Waals surface area contributed by atoms with Crippen molar-refractivity contribution in [2.24, 2.45) is 5.11 Å². The fourth-order valence-electron chi connectivity index (χ4n) is 1.37. The highest BCUT2D eigenvalue weighted by Gasteiger charge is 2.27. The average molecular weight is 235 g/mol. The first-order valence-corrected chi connectivity index (χ1v) is 5.14. The number of aliphatic hydroxyl groups is 1. The lowest BCUT2D eigenvalue weighted by atomic mass is 10.0. The maximum Gasteiger partial charge on any atom is 0.335 e. The molecule has 0 saturated heterocycles. The summed E-state index contributed by atoms with van der Waals surface area (Å²) < 4.78 is 4.68. The smallest absolute Gasteiger partial charge is 0.335 e. The van der Waals surface area contributed by atoms with Crippen molar-refractivity contribution < 1.29 is 14.6 Å². The van der Waals surface area contributed by atoms with Crippen molar-refractivity contribution in [3.63, 3.8) is 0 Å². The normalized spacial score (nSPS) is 13.3. The van der Waals surface area contributed by atoms with Gasteiger partial charge < -0.3 is 9.84 Å². The maximum atomic E-state index is 11.4. The van der Waals surface area contributed by atoms with E-state index in [1.807, 2.05) is 0 Å². The lowest BCUT2D eigenvalue weighted by molar-refractivity contribution is -0.154. The zero-order valence-corrected chi connectivity index (χ0v) is 9.35. The third kappa shape index (κ3) is 3.48. The molecule has 1 N–H and O–H groups in total. The van der Waals surface area contributed by atoms with Crippen LogP contribution in [0.3, 0.4) is 0 Å². The molecule has 0 aliphatic carbocycles. The number of ether oxygens (including phenoxy) is 1. The first-order chi connectivity index (χ1) is 8.20. The van der Waals surface area contributed by atoms with Gasteiger partial charge in [0.05, 0.1) is 12.6 Å². The van der Waals surface area contributed by atoms with E-state index in [0.29, 0.717) is 5.56 Å². The van der Waals surface area contributed by atoms with E-state index in [9.17, 15) is 9.90 Å². The van der Waals surface area contributed by atoms with Crippen molar-refractivity contribution in [2.45, 2.75) is 19.1 Å². The van der Waals surface area contributed by atoms with Crippen LogP contribution in [0.4, 0.5) is 0 Å². The molecule has 0 amide bonds.